The van der Waals surface area contributed by atoms with E-state index >= 15 is 0 Å². The summed E-state index contributed by atoms with van der Waals surface area (Å²) in [6.45, 7) is 0. The quantitative estimate of drug-likeness (QED) is 0.330. The van der Waals surface area contributed by atoms with Gasteiger partial charge in [0.05, 0.1) is 9.95 Å². The van der Waals surface area contributed by atoms with Crippen LogP contribution in [0.5, 0.6) is 0 Å². The Morgan fingerprint density at radius 3 is 2.43 bits per heavy atom. The summed E-state index contributed by atoms with van der Waals surface area (Å²) in [7, 11) is 0. The van der Waals surface area contributed by atoms with E-state index in [1.165, 1.54) is 35.6 Å². The predicted octanol–water partition coefficient (Wildman–Crippen LogP) is 3.41. The number of benzene rings is 2. The number of hydrazine groups is 1. The van der Waals surface area contributed by atoms with Crippen molar-refractivity contribution in [3.05, 3.63) is 74.1 Å². The first-order valence-corrected chi connectivity index (χ1v) is 9.31. The summed E-state index contributed by atoms with van der Waals surface area (Å²) in [6.07, 6.45) is 0. The van der Waals surface area contributed by atoms with Gasteiger partial charge < -0.3 is 0 Å². The fraction of sp³-hybridized carbons (Fsp3) is 0. The van der Waals surface area contributed by atoms with Crippen LogP contribution < -0.4 is 16.2 Å². The van der Waals surface area contributed by atoms with Gasteiger partial charge in [0.2, 0.25) is 0 Å². The molecule has 2 amide bonds. The zero-order valence-corrected chi connectivity index (χ0v) is 16.3. The number of carbonyl (C=O) groups is 2. The van der Waals surface area contributed by atoms with Crippen LogP contribution in [0.1, 0.15) is 20.0 Å². The molecule has 0 saturated carbocycles. The van der Waals surface area contributed by atoms with E-state index in [1.54, 1.807) is 6.07 Å². The van der Waals surface area contributed by atoms with E-state index in [0.29, 0.717) is 5.02 Å². The van der Waals surface area contributed by atoms with E-state index in [9.17, 15) is 19.7 Å². The fourth-order valence-corrected chi connectivity index (χ4v) is 3.91. The second-order valence-corrected chi connectivity index (χ2v) is 7.22. The van der Waals surface area contributed by atoms with Crippen molar-refractivity contribution in [1.82, 2.24) is 16.2 Å². The molecule has 3 N–H and O–H groups in total. The number of hydrogen-bond donors (Lipinski definition) is 3. The fourth-order valence-electron chi connectivity index (χ4n) is 2.36. The van der Waals surface area contributed by atoms with E-state index < -0.39 is 16.7 Å². The number of halogens is 1. The summed E-state index contributed by atoms with van der Waals surface area (Å²) in [5.74, 6) is -1.31. The number of amides is 2. The predicted molar refractivity (Wildman–Crippen MR) is 111 cm³/mol. The molecular weight excluding hydrogens is 424 g/mol. The van der Waals surface area contributed by atoms with Crippen LogP contribution in [0, 0.1) is 10.1 Å². The van der Waals surface area contributed by atoms with Gasteiger partial charge in [-0.1, -0.05) is 41.9 Å². The van der Waals surface area contributed by atoms with Gasteiger partial charge in [-0.3, -0.25) is 35.9 Å². The highest BCUT2D eigenvalue weighted by atomic mass is 35.5. The Hall–Kier alpha value is -3.08. The number of fused-ring (bicyclic) bond motifs is 1. The van der Waals surface area contributed by atoms with E-state index in [-0.39, 0.29) is 21.2 Å². The maximum absolute atomic E-state index is 12.4. The Morgan fingerprint density at radius 1 is 1.04 bits per heavy atom. The summed E-state index contributed by atoms with van der Waals surface area (Å²) < 4.78 is 0.848. The molecule has 0 fully saturated rings. The molecule has 1 aromatic heterocycles. The van der Waals surface area contributed by atoms with Crippen LogP contribution in [0.3, 0.4) is 0 Å². The number of nitrogens with one attached hydrogen (secondary N) is 3. The lowest BCUT2D eigenvalue weighted by Gasteiger charge is -2.10. The van der Waals surface area contributed by atoms with Gasteiger partial charge in [0.25, 0.3) is 17.5 Å². The minimum absolute atomic E-state index is 0.151. The minimum Gasteiger partial charge on any atom is -0.297 e. The van der Waals surface area contributed by atoms with Crippen LogP contribution >= 0.6 is 35.2 Å². The number of nitrogens with zero attached hydrogens (tertiary/aromatic N) is 1. The van der Waals surface area contributed by atoms with Crippen molar-refractivity contribution in [3.63, 3.8) is 0 Å². The van der Waals surface area contributed by atoms with Gasteiger partial charge in [0.15, 0.2) is 5.11 Å². The molecule has 8 nitrogen and oxygen atoms in total. The average molecular weight is 435 g/mol. The Morgan fingerprint density at radius 2 is 1.71 bits per heavy atom. The lowest BCUT2D eigenvalue weighted by Crippen LogP contribution is -2.48. The third-order valence-corrected chi connectivity index (χ3v) is 5.48. The molecule has 3 aromatic rings. The maximum Gasteiger partial charge on any atom is 0.282 e. The number of thiophene rings is 1. The van der Waals surface area contributed by atoms with Crippen LogP contribution in [0.4, 0.5) is 5.69 Å². The topological polar surface area (TPSA) is 113 Å². The zero-order chi connectivity index (χ0) is 20.3. The number of nitro groups is 1. The molecule has 1 heterocycles. The first-order valence-electron chi connectivity index (χ1n) is 7.70. The van der Waals surface area contributed by atoms with Crippen molar-refractivity contribution in [1.29, 1.82) is 0 Å². The molecule has 0 aliphatic rings. The minimum atomic E-state index is -0.774. The summed E-state index contributed by atoms with van der Waals surface area (Å²) in [5, 5.41) is 14.3. The van der Waals surface area contributed by atoms with Crippen molar-refractivity contribution in [3.8, 4) is 0 Å². The second-order valence-electron chi connectivity index (χ2n) is 5.38. The molecule has 0 aliphatic heterocycles. The van der Waals surface area contributed by atoms with Gasteiger partial charge in [0.1, 0.15) is 10.4 Å². The SMILES string of the molecule is O=C(NNC(=S)NC(=O)c1sc2ccccc2c1Cl)c1ccccc1[N+](=O)[O-]. The molecule has 142 valence electrons. The van der Waals surface area contributed by atoms with Crippen LogP contribution in [0.25, 0.3) is 10.1 Å². The maximum atomic E-state index is 12.4. The third-order valence-electron chi connectivity index (χ3n) is 3.60. The van der Waals surface area contributed by atoms with Gasteiger partial charge in [-0.15, -0.1) is 11.3 Å². The molecule has 3 rings (SSSR count). The van der Waals surface area contributed by atoms with Crippen molar-refractivity contribution in [2.75, 3.05) is 0 Å². The second kappa shape index (κ2) is 8.30. The first kappa shape index (κ1) is 19.7. The lowest BCUT2D eigenvalue weighted by molar-refractivity contribution is -0.385. The molecule has 0 radical (unpaired) electrons. The molecule has 0 spiro atoms. The summed E-state index contributed by atoms with van der Waals surface area (Å²) in [5.41, 5.74) is 4.05. The molecule has 0 aliphatic carbocycles. The van der Waals surface area contributed by atoms with E-state index in [1.807, 2.05) is 18.2 Å². The number of carbonyl (C=O) groups excluding carboxylic acids is 2. The molecule has 0 unspecified atom stereocenters. The van der Waals surface area contributed by atoms with E-state index in [0.717, 1.165) is 10.1 Å². The van der Waals surface area contributed by atoms with Gasteiger partial charge in [-0.2, -0.15) is 0 Å². The Bertz CT molecular complexity index is 1120. The lowest BCUT2D eigenvalue weighted by atomic mass is 10.2. The number of hydrogen-bond acceptors (Lipinski definition) is 6. The smallest absolute Gasteiger partial charge is 0.282 e. The molecule has 2 aromatic carbocycles. The highest BCUT2D eigenvalue weighted by Crippen LogP contribution is 2.34. The molecule has 0 bridgehead atoms. The van der Waals surface area contributed by atoms with Crippen molar-refractivity contribution in [2.45, 2.75) is 0 Å². The Kier molecular flexibility index (Phi) is 5.83. The van der Waals surface area contributed by atoms with Crippen molar-refractivity contribution in [2.24, 2.45) is 0 Å². The third kappa shape index (κ3) is 4.09. The van der Waals surface area contributed by atoms with E-state index in [4.69, 9.17) is 23.8 Å². The monoisotopic (exact) mass is 434 g/mol. The molecule has 0 atom stereocenters. The number of nitro benzene ring substituents is 1. The average Bonchev–Trinajstić information content (AvgIpc) is 3.03. The van der Waals surface area contributed by atoms with Crippen LogP contribution in [0.15, 0.2) is 48.5 Å². The largest absolute Gasteiger partial charge is 0.297 e. The van der Waals surface area contributed by atoms with Crippen LogP contribution in [0.2, 0.25) is 5.02 Å². The summed E-state index contributed by atoms with van der Waals surface area (Å²) in [4.78, 5) is 35.1. The molecular formula is C17H11ClN4O4S2. The summed E-state index contributed by atoms with van der Waals surface area (Å²) in [6, 6.07) is 12.7. The van der Waals surface area contributed by atoms with Crippen LogP contribution in [-0.4, -0.2) is 21.9 Å². The normalized spacial score (nSPS) is 10.3. The zero-order valence-electron chi connectivity index (χ0n) is 13.9. The standard InChI is InChI=1S/C17H11ClN4O4S2/c18-13-10-6-2-4-8-12(10)28-14(13)16(24)19-17(27)21-20-15(23)9-5-1-3-7-11(9)22(25)26/h1-8H,(H,20,23)(H2,19,21,24,27). The van der Waals surface area contributed by atoms with Gasteiger partial charge in [0, 0.05) is 16.2 Å². The Labute approximate surface area is 172 Å². The van der Waals surface area contributed by atoms with Gasteiger partial charge >= 0.3 is 0 Å². The Balaban J connectivity index is 1.64. The number of para-hydroxylation sites is 1. The van der Waals surface area contributed by atoms with Crippen molar-refractivity contribution < 1.29 is 14.5 Å². The molecule has 0 saturated heterocycles. The first-order chi connectivity index (χ1) is 13.4. The van der Waals surface area contributed by atoms with Crippen LogP contribution in [-0.2, 0) is 0 Å². The van der Waals surface area contributed by atoms with Gasteiger partial charge in [-0.25, -0.2) is 0 Å². The van der Waals surface area contributed by atoms with Crippen molar-refractivity contribution >= 4 is 67.9 Å². The highest BCUT2D eigenvalue weighted by Gasteiger charge is 2.20. The van der Waals surface area contributed by atoms with E-state index in [2.05, 4.69) is 16.2 Å². The van der Waals surface area contributed by atoms with Gasteiger partial charge in [-0.05, 0) is 24.4 Å². The summed E-state index contributed by atoms with van der Waals surface area (Å²) >= 11 is 12.4. The molecule has 11 heteroatoms. The highest BCUT2D eigenvalue weighted by molar-refractivity contribution is 7.80. The number of thiocarbonyl (C=S) groups is 1. The number of rotatable bonds is 3. The molecule has 28 heavy (non-hydrogen) atoms.